The molecule has 2 heterocycles. The summed E-state index contributed by atoms with van der Waals surface area (Å²) in [6.45, 7) is 4.31. The number of hydrogen-bond donors (Lipinski definition) is 0. The van der Waals surface area contributed by atoms with E-state index >= 15 is 0 Å². The van der Waals surface area contributed by atoms with Gasteiger partial charge in [0, 0.05) is 49.7 Å². The summed E-state index contributed by atoms with van der Waals surface area (Å²) >= 11 is 0. The third kappa shape index (κ3) is 7.32. The summed E-state index contributed by atoms with van der Waals surface area (Å²) in [6, 6.07) is 77.6. The molecule has 0 fully saturated rings. The molecule has 0 atom stereocenters. The first-order valence-corrected chi connectivity index (χ1v) is 22.4. The van der Waals surface area contributed by atoms with Crippen LogP contribution in [0.5, 0.6) is 0 Å². The van der Waals surface area contributed by atoms with Gasteiger partial charge in [0.1, 0.15) is 0 Å². The average Bonchev–Trinajstić information content (AvgIpc) is 3.71. The van der Waals surface area contributed by atoms with E-state index in [0.717, 1.165) is 89.0 Å². The van der Waals surface area contributed by atoms with Crippen molar-refractivity contribution >= 4 is 21.8 Å². The Balaban J connectivity index is 1.29. The first-order valence-electron chi connectivity index (χ1n) is 22.4. The van der Waals surface area contributed by atoms with Crippen molar-refractivity contribution in [1.82, 2.24) is 14.5 Å². The van der Waals surface area contributed by atoms with Gasteiger partial charge in [-0.25, -0.2) is 9.97 Å². The van der Waals surface area contributed by atoms with Gasteiger partial charge in [-0.1, -0.05) is 158 Å². The average molecular weight is 856 g/mol. The van der Waals surface area contributed by atoms with E-state index in [1.165, 1.54) is 22.3 Å². The van der Waals surface area contributed by atoms with Crippen LogP contribution >= 0.6 is 0 Å². The van der Waals surface area contributed by atoms with Crippen LogP contribution in [0, 0.1) is 36.5 Å². The van der Waals surface area contributed by atoms with E-state index in [4.69, 9.17) is 9.97 Å². The zero-order valence-electron chi connectivity index (χ0n) is 36.9. The summed E-state index contributed by atoms with van der Waals surface area (Å²) in [7, 11) is 0. The number of rotatable bonds is 8. The van der Waals surface area contributed by atoms with E-state index < -0.39 is 0 Å². The highest BCUT2D eigenvalue weighted by Gasteiger charge is 2.26. The molecule has 0 amide bonds. The molecule has 0 radical (unpaired) electrons. The number of fused-ring (bicyclic) bond motifs is 3. The lowest BCUT2D eigenvalue weighted by atomic mass is 9.89. The minimum atomic E-state index is 0.520. The van der Waals surface area contributed by atoms with Crippen molar-refractivity contribution in [3.63, 3.8) is 0 Å². The molecule has 0 saturated carbocycles. The van der Waals surface area contributed by atoms with Crippen LogP contribution in [-0.2, 0) is 0 Å². The van der Waals surface area contributed by atoms with E-state index in [9.17, 15) is 10.5 Å². The van der Waals surface area contributed by atoms with Gasteiger partial charge in [0.05, 0.1) is 51.4 Å². The molecule has 0 N–H and O–H groups in total. The maximum atomic E-state index is 10.8. The highest BCUT2D eigenvalue weighted by molar-refractivity contribution is 6.13. The zero-order chi connectivity index (χ0) is 45.4. The summed E-state index contributed by atoms with van der Waals surface area (Å²) in [5.74, 6) is 0.520. The molecule has 11 rings (SSSR count). The van der Waals surface area contributed by atoms with Crippen LogP contribution < -0.4 is 0 Å². The SMILES string of the molecule is Cc1ccccc1-c1ccc2c(c1)c1cc(-c3ccccc3C)ccc1n2-c1c(-c2ccccc2C#N)cc(-c2nc(-c3ccccc3)cc(-c3ccccc3)n2)cc1-c1ccccc1C#N. The molecule has 0 saturated heterocycles. The van der Waals surface area contributed by atoms with Gasteiger partial charge in [0.15, 0.2) is 5.82 Å². The Kier molecular flexibility index (Phi) is 10.4. The number of aromatic nitrogens is 3. The van der Waals surface area contributed by atoms with Gasteiger partial charge < -0.3 is 4.57 Å². The normalized spacial score (nSPS) is 11.1. The maximum absolute atomic E-state index is 10.8. The van der Waals surface area contributed by atoms with Crippen LogP contribution in [0.3, 0.4) is 0 Å². The van der Waals surface area contributed by atoms with Crippen LogP contribution in [0.1, 0.15) is 22.3 Å². The molecule has 2 aromatic heterocycles. The topological polar surface area (TPSA) is 78.3 Å². The van der Waals surface area contributed by atoms with Gasteiger partial charge in [-0.15, -0.1) is 0 Å². The smallest absolute Gasteiger partial charge is 0.160 e. The van der Waals surface area contributed by atoms with Gasteiger partial charge in [-0.2, -0.15) is 10.5 Å². The summed E-state index contributed by atoms with van der Waals surface area (Å²) in [6.07, 6.45) is 0. The molecule has 314 valence electrons. The first-order chi connectivity index (χ1) is 33.0. The van der Waals surface area contributed by atoms with Gasteiger partial charge in [-0.05, 0) is 102 Å². The van der Waals surface area contributed by atoms with Crippen LogP contribution in [0.4, 0.5) is 0 Å². The molecule has 0 bridgehead atoms. The van der Waals surface area contributed by atoms with Crippen molar-refractivity contribution in [3.8, 4) is 96.2 Å². The second-order valence-electron chi connectivity index (χ2n) is 16.9. The third-order valence-corrected chi connectivity index (χ3v) is 12.8. The summed E-state index contributed by atoms with van der Waals surface area (Å²) in [5.41, 5.74) is 18.2. The Bertz CT molecular complexity index is 3550. The lowest BCUT2D eigenvalue weighted by Crippen LogP contribution is -2.04. The predicted molar refractivity (Wildman–Crippen MR) is 273 cm³/mol. The fourth-order valence-corrected chi connectivity index (χ4v) is 9.53. The molecule has 11 aromatic rings. The predicted octanol–water partition coefficient (Wildman–Crippen LogP) is 15.6. The molecular formula is C62H41N5. The molecule has 5 nitrogen and oxygen atoms in total. The fourth-order valence-electron chi connectivity index (χ4n) is 9.53. The van der Waals surface area contributed by atoms with Crippen LogP contribution in [0.25, 0.3) is 106 Å². The molecule has 9 aromatic carbocycles. The van der Waals surface area contributed by atoms with Crippen molar-refractivity contribution in [1.29, 1.82) is 10.5 Å². The Labute approximate surface area is 389 Å². The lowest BCUT2D eigenvalue weighted by molar-refractivity contribution is 1.16. The van der Waals surface area contributed by atoms with Crippen molar-refractivity contribution in [2.75, 3.05) is 0 Å². The Hall–Kier alpha value is -9.16. The van der Waals surface area contributed by atoms with Crippen molar-refractivity contribution in [2.24, 2.45) is 0 Å². The highest BCUT2D eigenvalue weighted by atomic mass is 15.0. The molecule has 0 spiro atoms. The Morgan fingerprint density at radius 1 is 0.358 bits per heavy atom. The number of benzene rings is 9. The fraction of sp³-hybridized carbons (Fsp3) is 0.0323. The zero-order valence-corrected chi connectivity index (χ0v) is 36.9. The van der Waals surface area contributed by atoms with Gasteiger partial charge in [0.25, 0.3) is 0 Å². The van der Waals surface area contributed by atoms with Crippen LogP contribution in [0.15, 0.2) is 212 Å². The molecule has 0 aliphatic carbocycles. The minimum Gasteiger partial charge on any atom is -0.308 e. The Morgan fingerprint density at radius 2 is 0.761 bits per heavy atom. The number of nitriles is 2. The minimum absolute atomic E-state index is 0.520. The monoisotopic (exact) mass is 855 g/mol. The van der Waals surface area contributed by atoms with Crippen molar-refractivity contribution in [2.45, 2.75) is 13.8 Å². The lowest BCUT2D eigenvalue weighted by Gasteiger charge is -2.22. The standard InChI is InChI=1S/C62H41N5/c1-40-17-9-13-25-49(40)44-29-31-59-53(33-44)54-34-45(50-26-14-10-18-41(50)2)30-32-60(54)67(59)61-55(51-27-15-11-23-46(51)38-63)35-48(36-56(61)52-28-16-12-24-47(52)39-64)62-65-57(42-19-5-3-6-20-42)37-58(66-62)43-21-7-4-8-22-43/h3-37H,1-2H3. The summed E-state index contributed by atoms with van der Waals surface area (Å²) < 4.78 is 2.33. The Morgan fingerprint density at radius 3 is 1.19 bits per heavy atom. The van der Waals surface area contributed by atoms with Gasteiger partial charge in [-0.3, -0.25) is 0 Å². The van der Waals surface area contributed by atoms with E-state index in [0.29, 0.717) is 17.0 Å². The number of hydrogen-bond acceptors (Lipinski definition) is 4. The quantitative estimate of drug-likeness (QED) is 0.152. The van der Waals surface area contributed by atoms with Gasteiger partial charge >= 0.3 is 0 Å². The van der Waals surface area contributed by atoms with Gasteiger partial charge in [0.2, 0.25) is 0 Å². The maximum Gasteiger partial charge on any atom is 0.160 e. The first kappa shape index (κ1) is 40.6. The molecule has 0 aliphatic heterocycles. The van der Waals surface area contributed by atoms with Crippen LogP contribution in [-0.4, -0.2) is 14.5 Å². The van der Waals surface area contributed by atoms with E-state index in [1.807, 2.05) is 91.0 Å². The molecule has 0 aliphatic rings. The van der Waals surface area contributed by atoms with Crippen molar-refractivity contribution < 1.29 is 0 Å². The highest BCUT2D eigenvalue weighted by Crippen LogP contribution is 2.46. The molecular weight excluding hydrogens is 815 g/mol. The van der Waals surface area contributed by atoms with E-state index in [-0.39, 0.29) is 0 Å². The molecule has 0 unspecified atom stereocenters. The number of aryl methyl sites for hydroxylation is 2. The summed E-state index contributed by atoms with van der Waals surface area (Å²) in [5, 5.41) is 23.8. The van der Waals surface area contributed by atoms with Crippen molar-refractivity contribution in [3.05, 3.63) is 235 Å². The van der Waals surface area contributed by atoms with E-state index in [2.05, 4.69) is 152 Å². The molecule has 67 heavy (non-hydrogen) atoms. The number of nitrogens with zero attached hydrogens (tertiary/aromatic N) is 5. The third-order valence-electron chi connectivity index (χ3n) is 12.8. The van der Waals surface area contributed by atoms with E-state index in [1.54, 1.807) is 0 Å². The second kappa shape index (κ2) is 17.1. The molecule has 5 heteroatoms. The largest absolute Gasteiger partial charge is 0.308 e. The summed E-state index contributed by atoms with van der Waals surface area (Å²) in [4.78, 5) is 10.6. The van der Waals surface area contributed by atoms with Crippen LogP contribution in [0.2, 0.25) is 0 Å². The second-order valence-corrected chi connectivity index (χ2v) is 16.9.